The first-order valence-corrected chi connectivity index (χ1v) is 7.50. The van der Waals surface area contributed by atoms with Crippen LogP contribution in [0.3, 0.4) is 0 Å². The topological polar surface area (TPSA) is 81.7 Å². The van der Waals surface area contributed by atoms with Gasteiger partial charge in [-0.05, 0) is 32.4 Å². The largest absolute Gasteiger partial charge is 0.371 e. The van der Waals surface area contributed by atoms with Gasteiger partial charge in [0, 0.05) is 27.4 Å². The molecule has 1 rings (SSSR count). The summed E-state index contributed by atoms with van der Waals surface area (Å²) in [7, 11) is 3.15. The minimum atomic E-state index is -0.423. The highest BCUT2D eigenvalue weighted by molar-refractivity contribution is 5.00. The molecule has 0 aromatic carbocycles. The van der Waals surface area contributed by atoms with E-state index in [0.717, 1.165) is 0 Å². The van der Waals surface area contributed by atoms with Crippen LogP contribution in [0, 0.1) is 0 Å². The molecule has 2 radical (unpaired) electrons. The van der Waals surface area contributed by atoms with Gasteiger partial charge in [-0.2, -0.15) is 0 Å². The molecule has 126 valence electrons. The van der Waals surface area contributed by atoms with E-state index in [9.17, 15) is 0 Å². The van der Waals surface area contributed by atoms with Gasteiger partial charge >= 0.3 is 0 Å². The van der Waals surface area contributed by atoms with Gasteiger partial charge in [0.2, 0.25) is 23.4 Å². The average molecular weight is 315 g/mol. The number of aromatic nitrogens is 3. The standard InChI is InChI=1S/C14H27N4O4/c1-7-21-10(3)13-16-17-14(11(4)22-8-2)18(13)15-9-12(19-5)20-6/h10-12H,7-9H2,1-6H3/q+1/t10-,11-/m0/s1. The lowest BCUT2D eigenvalue weighted by atomic mass is 10.3. The van der Waals surface area contributed by atoms with Crippen molar-refractivity contribution in [3.8, 4) is 0 Å². The highest BCUT2D eigenvalue weighted by Crippen LogP contribution is 2.20. The molecule has 8 heteroatoms. The van der Waals surface area contributed by atoms with Crippen molar-refractivity contribution in [1.29, 1.82) is 0 Å². The number of hydrogen-bond donors (Lipinski definition) is 0. The zero-order valence-corrected chi connectivity index (χ0v) is 14.3. The Morgan fingerprint density at radius 3 is 1.77 bits per heavy atom. The molecule has 1 aromatic rings. The fourth-order valence-electron chi connectivity index (χ4n) is 2.00. The van der Waals surface area contributed by atoms with E-state index >= 15 is 0 Å². The van der Waals surface area contributed by atoms with Crippen molar-refractivity contribution >= 4 is 0 Å². The molecule has 22 heavy (non-hydrogen) atoms. The van der Waals surface area contributed by atoms with Crippen LogP contribution in [0.15, 0.2) is 0 Å². The van der Waals surface area contributed by atoms with Crippen LogP contribution < -0.4 is 5.43 Å². The van der Waals surface area contributed by atoms with Gasteiger partial charge in [0.15, 0.2) is 0 Å². The van der Waals surface area contributed by atoms with Crippen molar-refractivity contribution in [3.63, 3.8) is 0 Å². The fraction of sp³-hybridized carbons (Fsp3) is 0.857. The summed E-state index contributed by atoms with van der Waals surface area (Å²) in [5, 5.41) is 8.40. The van der Waals surface area contributed by atoms with Crippen LogP contribution >= 0.6 is 0 Å². The molecule has 0 saturated heterocycles. The normalized spacial score (nSPS) is 14.5. The Morgan fingerprint density at radius 1 is 0.955 bits per heavy atom. The molecule has 0 saturated carbocycles. The number of rotatable bonds is 11. The van der Waals surface area contributed by atoms with Gasteiger partial charge in [0.05, 0.1) is 0 Å². The molecule has 1 aromatic heterocycles. The first kappa shape index (κ1) is 19.0. The zero-order chi connectivity index (χ0) is 16.5. The lowest BCUT2D eigenvalue weighted by Gasteiger charge is -2.11. The van der Waals surface area contributed by atoms with Crippen molar-refractivity contribution in [2.24, 2.45) is 0 Å². The average Bonchev–Trinajstić information content (AvgIpc) is 2.93. The van der Waals surface area contributed by atoms with Crippen molar-refractivity contribution in [2.75, 3.05) is 34.0 Å². The number of nitrogens with zero attached hydrogens (tertiary/aromatic N) is 4. The Bertz CT molecular complexity index is 393. The predicted octanol–water partition coefficient (Wildman–Crippen LogP) is 1.46. The van der Waals surface area contributed by atoms with Crippen molar-refractivity contribution in [3.05, 3.63) is 11.6 Å². The van der Waals surface area contributed by atoms with Crippen molar-refractivity contribution < 1.29 is 18.9 Å². The van der Waals surface area contributed by atoms with Crippen molar-refractivity contribution in [1.82, 2.24) is 20.3 Å². The Hall–Kier alpha value is -1.06. The minimum Gasteiger partial charge on any atom is -0.371 e. The maximum Gasteiger partial charge on any atom is 0.271 e. The zero-order valence-electron chi connectivity index (χ0n) is 14.3. The molecule has 0 aliphatic rings. The molecule has 0 aliphatic carbocycles. The highest BCUT2D eigenvalue weighted by Gasteiger charge is 2.31. The first-order valence-electron chi connectivity index (χ1n) is 7.50. The predicted molar refractivity (Wildman–Crippen MR) is 80.3 cm³/mol. The summed E-state index contributed by atoms with van der Waals surface area (Å²) in [5.41, 5.74) is 4.50. The molecular weight excluding hydrogens is 288 g/mol. The third-order valence-electron chi connectivity index (χ3n) is 3.15. The molecule has 0 bridgehead atoms. The van der Waals surface area contributed by atoms with E-state index in [2.05, 4.69) is 15.6 Å². The van der Waals surface area contributed by atoms with Crippen LogP contribution in [-0.2, 0) is 18.9 Å². The van der Waals surface area contributed by atoms with Gasteiger partial charge in [0.1, 0.15) is 12.2 Å². The van der Waals surface area contributed by atoms with Crippen LogP contribution in [0.4, 0.5) is 0 Å². The summed E-state index contributed by atoms with van der Waals surface area (Å²) in [5.74, 6) is 1.27. The smallest absolute Gasteiger partial charge is 0.271 e. The first-order chi connectivity index (χ1) is 10.6. The number of ether oxygens (including phenoxy) is 4. The molecule has 2 atom stereocenters. The highest BCUT2D eigenvalue weighted by atomic mass is 16.7. The monoisotopic (exact) mass is 315 g/mol. The Morgan fingerprint density at radius 2 is 1.41 bits per heavy atom. The summed E-state index contributed by atoms with van der Waals surface area (Å²) in [4.78, 5) is 0. The van der Waals surface area contributed by atoms with E-state index in [0.29, 0.717) is 31.4 Å². The molecule has 0 fully saturated rings. The number of hydrogen-bond acceptors (Lipinski definition) is 6. The Kier molecular flexibility index (Phi) is 8.51. The minimum absolute atomic E-state index is 0.215. The van der Waals surface area contributed by atoms with Crippen LogP contribution in [0.1, 0.15) is 51.6 Å². The summed E-state index contributed by atoms with van der Waals surface area (Å²) >= 11 is 0. The molecule has 8 nitrogen and oxygen atoms in total. The third kappa shape index (κ3) is 4.99. The van der Waals surface area contributed by atoms with Crippen LogP contribution in [-0.4, -0.2) is 55.1 Å². The summed E-state index contributed by atoms with van der Waals surface area (Å²) in [6.07, 6.45) is -0.854. The second-order valence-electron chi connectivity index (χ2n) is 4.65. The summed E-state index contributed by atoms with van der Waals surface area (Å²) < 4.78 is 23.2. The molecule has 0 N–H and O–H groups in total. The Labute approximate surface area is 132 Å². The Balaban J connectivity index is 2.97. The van der Waals surface area contributed by atoms with E-state index < -0.39 is 6.29 Å². The summed E-state index contributed by atoms with van der Waals surface area (Å²) in [6.45, 7) is 9.19. The third-order valence-corrected chi connectivity index (χ3v) is 3.15. The SMILES string of the molecule is CCO[C@@H](C)c1nnc([C@H](C)OCC)n1[N+]CC(OC)OC. The molecule has 0 amide bonds. The van der Waals surface area contributed by atoms with Crippen molar-refractivity contribution in [2.45, 2.75) is 46.2 Å². The maximum atomic E-state index is 5.59. The van der Waals surface area contributed by atoms with Gasteiger partial charge in [-0.25, -0.2) is 0 Å². The van der Waals surface area contributed by atoms with Gasteiger partial charge in [0.25, 0.3) is 6.54 Å². The van der Waals surface area contributed by atoms with E-state index in [1.165, 1.54) is 0 Å². The van der Waals surface area contributed by atoms with E-state index in [-0.39, 0.29) is 12.2 Å². The number of methoxy groups -OCH3 is 2. The quantitative estimate of drug-likeness (QED) is 0.575. The fourth-order valence-corrected chi connectivity index (χ4v) is 2.00. The molecule has 1 heterocycles. The van der Waals surface area contributed by atoms with E-state index in [1.807, 2.05) is 27.7 Å². The van der Waals surface area contributed by atoms with E-state index in [4.69, 9.17) is 18.9 Å². The second-order valence-corrected chi connectivity index (χ2v) is 4.65. The van der Waals surface area contributed by atoms with Gasteiger partial charge in [-0.1, -0.05) is 0 Å². The van der Waals surface area contributed by atoms with Crippen LogP contribution in [0.5, 0.6) is 0 Å². The van der Waals surface area contributed by atoms with Crippen LogP contribution in [0.25, 0.3) is 0 Å². The molecular formula is C14H27N4O4+. The van der Waals surface area contributed by atoms with Gasteiger partial charge < -0.3 is 18.9 Å². The molecule has 0 unspecified atom stereocenters. The van der Waals surface area contributed by atoms with E-state index in [1.54, 1.807) is 18.9 Å². The lowest BCUT2D eigenvalue weighted by molar-refractivity contribution is -0.101. The molecule has 0 spiro atoms. The van der Waals surface area contributed by atoms with Gasteiger partial charge in [-0.3, -0.25) is 0 Å². The summed E-state index contributed by atoms with van der Waals surface area (Å²) in [6, 6.07) is 0. The van der Waals surface area contributed by atoms with Gasteiger partial charge in [-0.15, -0.1) is 10.2 Å². The maximum absolute atomic E-state index is 5.59. The molecule has 0 aliphatic heterocycles. The second kappa shape index (κ2) is 9.86. The van der Waals surface area contributed by atoms with Crippen LogP contribution in [0.2, 0.25) is 0 Å². The lowest BCUT2D eigenvalue weighted by Crippen LogP contribution is -2.31.